The zero-order valence-corrected chi connectivity index (χ0v) is 10.9. The second kappa shape index (κ2) is 4.30. The van der Waals surface area contributed by atoms with Crippen molar-refractivity contribution >= 4 is 0 Å². The van der Waals surface area contributed by atoms with E-state index >= 15 is 0 Å². The lowest BCUT2D eigenvalue weighted by Crippen LogP contribution is -2.33. The molecule has 2 aliphatic rings. The van der Waals surface area contributed by atoms with E-state index in [1.165, 1.54) is 16.7 Å². The monoisotopic (exact) mass is 230 g/mol. The first-order valence-electron chi connectivity index (χ1n) is 6.37. The molecule has 0 saturated carbocycles. The molecule has 0 fully saturated rings. The van der Waals surface area contributed by atoms with Crippen LogP contribution in [0.3, 0.4) is 0 Å². The molecule has 0 aromatic heterocycles. The molecule has 0 spiro atoms. The molecule has 1 nitrogen and oxygen atoms in total. The van der Waals surface area contributed by atoms with Crippen molar-refractivity contribution in [3.63, 3.8) is 0 Å². The molecule has 92 valence electrons. The molecule has 0 saturated heterocycles. The van der Waals surface area contributed by atoms with Crippen molar-refractivity contribution < 1.29 is 5.11 Å². The van der Waals surface area contributed by atoms with Gasteiger partial charge in [-0.05, 0) is 54.7 Å². The Balaban J connectivity index is 2.51. The minimum absolute atomic E-state index is 0.125. The number of allylic oxidation sites excluding steroid dienone is 5. The highest BCUT2D eigenvalue weighted by Gasteiger charge is 2.38. The number of aliphatic hydroxyl groups excluding tert-OH is 1. The predicted molar refractivity (Wildman–Crippen MR) is 72.7 cm³/mol. The Hall–Kier alpha value is -1.08. The second-order valence-corrected chi connectivity index (χ2v) is 5.72. The fourth-order valence-corrected chi connectivity index (χ4v) is 3.14. The van der Waals surface area contributed by atoms with E-state index in [2.05, 4.69) is 33.1 Å². The fraction of sp³-hybridized carbons (Fsp3) is 0.500. The normalized spacial score (nSPS) is 32.9. The molecule has 0 radical (unpaired) electrons. The lowest BCUT2D eigenvalue weighted by atomic mass is 9.64. The van der Waals surface area contributed by atoms with E-state index in [-0.39, 0.29) is 11.5 Å². The number of fused-ring (bicyclic) bond motifs is 1. The Kier molecular flexibility index (Phi) is 3.13. The molecular weight excluding hydrogens is 208 g/mol. The van der Waals surface area contributed by atoms with Crippen molar-refractivity contribution in [2.75, 3.05) is 0 Å². The van der Waals surface area contributed by atoms with Crippen molar-refractivity contribution in [3.05, 3.63) is 47.6 Å². The summed E-state index contributed by atoms with van der Waals surface area (Å²) in [5, 5.41) is 9.97. The van der Waals surface area contributed by atoms with Crippen molar-refractivity contribution in [1.29, 1.82) is 0 Å². The van der Waals surface area contributed by atoms with Gasteiger partial charge >= 0.3 is 0 Å². The van der Waals surface area contributed by atoms with E-state index in [9.17, 15) is 5.11 Å². The Morgan fingerprint density at radius 2 is 2.29 bits per heavy atom. The van der Waals surface area contributed by atoms with Crippen molar-refractivity contribution in [2.45, 2.75) is 45.6 Å². The third kappa shape index (κ3) is 2.16. The van der Waals surface area contributed by atoms with Crippen molar-refractivity contribution in [1.82, 2.24) is 0 Å². The van der Waals surface area contributed by atoms with Gasteiger partial charge in [0.25, 0.3) is 0 Å². The zero-order valence-electron chi connectivity index (χ0n) is 10.9. The van der Waals surface area contributed by atoms with Crippen molar-refractivity contribution in [3.8, 4) is 0 Å². The fourth-order valence-electron chi connectivity index (χ4n) is 3.14. The summed E-state index contributed by atoms with van der Waals surface area (Å²) in [5.41, 5.74) is 5.23. The Morgan fingerprint density at radius 1 is 1.59 bits per heavy atom. The highest BCUT2D eigenvalue weighted by atomic mass is 16.3. The lowest BCUT2D eigenvalue weighted by Gasteiger charge is -2.42. The Bertz CT molecular complexity index is 425. The Morgan fingerprint density at radius 3 is 2.88 bits per heavy atom. The van der Waals surface area contributed by atoms with Crippen LogP contribution in [0.2, 0.25) is 0 Å². The summed E-state index contributed by atoms with van der Waals surface area (Å²) in [4.78, 5) is 0. The molecule has 2 aliphatic carbocycles. The molecule has 2 rings (SSSR count). The summed E-state index contributed by atoms with van der Waals surface area (Å²) in [6.45, 7) is 12.3. The van der Waals surface area contributed by atoms with Gasteiger partial charge in [-0.15, -0.1) is 0 Å². The van der Waals surface area contributed by atoms with E-state index < -0.39 is 0 Å². The summed E-state index contributed by atoms with van der Waals surface area (Å²) < 4.78 is 0. The lowest BCUT2D eigenvalue weighted by molar-refractivity contribution is 0.105. The van der Waals surface area contributed by atoms with Crippen LogP contribution < -0.4 is 0 Å². The summed E-state index contributed by atoms with van der Waals surface area (Å²) >= 11 is 0. The molecule has 0 bridgehead atoms. The van der Waals surface area contributed by atoms with Crippen LogP contribution >= 0.6 is 0 Å². The van der Waals surface area contributed by atoms with Gasteiger partial charge in [-0.1, -0.05) is 37.8 Å². The first kappa shape index (κ1) is 12.4. The average Bonchev–Trinajstić information content (AvgIpc) is 2.25. The second-order valence-electron chi connectivity index (χ2n) is 5.72. The Labute approximate surface area is 104 Å². The van der Waals surface area contributed by atoms with Gasteiger partial charge in [0.05, 0.1) is 6.10 Å². The van der Waals surface area contributed by atoms with Crippen LogP contribution in [0, 0.1) is 5.41 Å². The van der Waals surface area contributed by atoms with Gasteiger partial charge in [0.2, 0.25) is 0 Å². The molecule has 0 heterocycles. The number of rotatable bonds is 2. The SMILES string of the molecule is C=CC1=C2C=C(C(=C)C)CC[C@@]2(C)C[C@@H](O)C1. The van der Waals surface area contributed by atoms with Gasteiger partial charge < -0.3 is 5.11 Å². The molecule has 0 aromatic rings. The van der Waals surface area contributed by atoms with Gasteiger partial charge in [0.1, 0.15) is 0 Å². The highest BCUT2D eigenvalue weighted by molar-refractivity contribution is 5.47. The van der Waals surface area contributed by atoms with E-state index in [1.807, 2.05) is 6.08 Å². The van der Waals surface area contributed by atoms with Crippen LogP contribution in [0.5, 0.6) is 0 Å². The first-order chi connectivity index (χ1) is 7.96. The highest BCUT2D eigenvalue weighted by Crippen LogP contribution is 2.49. The molecule has 17 heavy (non-hydrogen) atoms. The summed E-state index contributed by atoms with van der Waals surface area (Å²) in [5.74, 6) is 0. The third-order valence-corrected chi connectivity index (χ3v) is 4.20. The minimum atomic E-state index is -0.212. The predicted octanol–water partition coefficient (Wildman–Crippen LogP) is 3.93. The topological polar surface area (TPSA) is 20.2 Å². The van der Waals surface area contributed by atoms with Crippen LogP contribution in [-0.4, -0.2) is 11.2 Å². The maximum atomic E-state index is 9.97. The van der Waals surface area contributed by atoms with Crippen LogP contribution in [0.25, 0.3) is 0 Å². The van der Waals surface area contributed by atoms with E-state index in [1.54, 1.807) is 0 Å². The summed E-state index contributed by atoms with van der Waals surface area (Å²) in [7, 11) is 0. The molecule has 0 aliphatic heterocycles. The average molecular weight is 230 g/mol. The molecule has 2 atom stereocenters. The smallest absolute Gasteiger partial charge is 0.0589 e. The van der Waals surface area contributed by atoms with Crippen LogP contribution in [0.1, 0.15) is 39.5 Å². The largest absolute Gasteiger partial charge is 0.393 e. The maximum Gasteiger partial charge on any atom is 0.0589 e. The molecule has 1 heteroatoms. The first-order valence-corrected chi connectivity index (χ1v) is 6.37. The number of hydrogen-bond acceptors (Lipinski definition) is 1. The van der Waals surface area contributed by atoms with Gasteiger partial charge in [-0.2, -0.15) is 0 Å². The zero-order chi connectivity index (χ0) is 12.6. The van der Waals surface area contributed by atoms with Crippen molar-refractivity contribution in [2.24, 2.45) is 5.41 Å². The van der Waals surface area contributed by atoms with Gasteiger partial charge in [0.15, 0.2) is 0 Å². The molecule has 0 unspecified atom stereocenters. The summed E-state index contributed by atoms with van der Waals surface area (Å²) in [6, 6.07) is 0. The minimum Gasteiger partial charge on any atom is -0.393 e. The van der Waals surface area contributed by atoms with Gasteiger partial charge in [-0.3, -0.25) is 0 Å². The molecule has 0 amide bonds. The molecular formula is C16H22O. The van der Waals surface area contributed by atoms with Crippen LogP contribution in [0.4, 0.5) is 0 Å². The van der Waals surface area contributed by atoms with Crippen LogP contribution in [0.15, 0.2) is 47.6 Å². The number of aliphatic hydroxyl groups is 1. The van der Waals surface area contributed by atoms with Crippen LogP contribution in [-0.2, 0) is 0 Å². The molecule has 0 aromatic carbocycles. The van der Waals surface area contributed by atoms with E-state index in [0.717, 1.165) is 31.3 Å². The number of hydrogen-bond donors (Lipinski definition) is 1. The molecule has 1 N–H and O–H groups in total. The third-order valence-electron chi connectivity index (χ3n) is 4.20. The quantitative estimate of drug-likeness (QED) is 0.762. The van der Waals surface area contributed by atoms with Gasteiger partial charge in [0, 0.05) is 0 Å². The van der Waals surface area contributed by atoms with E-state index in [0.29, 0.717) is 0 Å². The van der Waals surface area contributed by atoms with Gasteiger partial charge in [-0.25, -0.2) is 0 Å². The standard InChI is InChI=1S/C16H22O/c1-5-12-8-14(17)10-16(4)7-6-13(11(2)3)9-15(12)16/h5,9,14,17H,1-2,6-8,10H2,3-4H3/t14-,16-/m0/s1. The maximum absolute atomic E-state index is 9.97. The van der Waals surface area contributed by atoms with E-state index in [4.69, 9.17) is 0 Å². The summed E-state index contributed by atoms with van der Waals surface area (Å²) in [6.07, 6.45) is 7.79.